The van der Waals surface area contributed by atoms with E-state index in [-0.39, 0.29) is 16.5 Å². The second kappa shape index (κ2) is 8.11. The Hall–Kier alpha value is -1.65. The molecule has 11 heteroatoms. The summed E-state index contributed by atoms with van der Waals surface area (Å²) in [6.45, 7) is 1.77. The first kappa shape index (κ1) is 18.4. The third-order valence-corrected chi connectivity index (χ3v) is 4.15. The van der Waals surface area contributed by atoms with Crippen molar-refractivity contribution >= 4 is 54.8 Å². The number of rotatable bonds is 2. The number of nitrogens with zero attached hydrogens (tertiary/aromatic N) is 4. The molecule has 2 aromatic heterocycles. The van der Waals surface area contributed by atoms with Crippen molar-refractivity contribution in [3.8, 4) is 0 Å². The zero-order valence-corrected chi connectivity index (χ0v) is 14.8. The number of halogens is 3. The molecule has 0 bridgehead atoms. The van der Waals surface area contributed by atoms with Gasteiger partial charge in [0.25, 0.3) is 11.4 Å². The highest BCUT2D eigenvalue weighted by Gasteiger charge is 2.08. The van der Waals surface area contributed by atoms with Gasteiger partial charge in [0, 0.05) is 16.6 Å². The maximum Gasteiger partial charge on any atom is 0.288 e. The van der Waals surface area contributed by atoms with Gasteiger partial charge in [0.05, 0.1) is 20.0 Å². The molecule has 0 amide bonds. The lowest BCUT2D eigenvalue weighted by molar-refractivity contribution is -0.385. The Balaban J connectivity index is 0.000000220. The van der Waals surface area contributed by atoms with E-state index in [1.165, 1.54) is 18.3 Å². The van der Waals surface area contributed by atoms with Crippen LogP contribution >= 0.6 is 43.5 Å². The van der Waals surface area contributed by atoms with E-state index >= 15 is 0 Å². The van der Waals surface area contributed by atoms with Gasteiger partial charge in [0.2, 0.25) is 0 Å². The minimum Gasteiger partial charge on any atom is -0.258 e. The van der Waals surface area contributed by atoms with E-state index in [1.54, 1.807) is 6.92 Å². The lowest BCUT2D eigenvalue weighted by atomic mass is 10.3. The molecule has 0 aliphatic rings. The first-order chi connectivity index (χ1) is 10.2. The van der Waals surface area contributed by atoms with Crippen LogP contribution < -0.4 is 0 Å². The summed E-state index contributed by atoms with van der Waals surface area (Å²) >= 11 is 11.7. The molecule has 2 aromatic rings. The molecule has 22 heavy (non-hydrogen) atoms. The molecule has 0 saturated carbocycles. The van der Waals surface area contributed by atoms with Crippen molar-refractivity contribution in [1.29, 1.82) is 0 Å². The molecule has 116 valence electrons. The number of pyridine rings is 2. The highest BCUT2D eigenvalue weighted by atomic mass is 79.9. The van der Waals surface area contributed by atoms with Crippen molar-refractivity contribution < 1.29 is 9.85 Å². The molecule has 0 spiro atoms. The van der Waals surface area contributed by atoms with E-state index < -0.39 is 9.85 Å². The van der Waals surface area contributed by atoms with Gasteiger partial charge in [-0.1, -0.05) is 11.6 Å². The quantitative estimate of drug-likeness (QED) is 0.376. The largest absolute Gasteiger partial charge is 0.288 e. The van der Waals surface area contributed by atoms with E-state index in [2.05, 4.69) is 41.8 Å². The molecule has 2 heterocycles. The van der Waals surface area contributed by atoms with Crippen LogP contribution in [0.4, 0.5) is 11.4 Å². The zero-order valence-electron chi connectivity index (χ0n) is 10.9. The topological polar surface area (TPSA) is 112 Å². The molecule has 0 atom stereocenters. The highest BCUT2D eigenvalue weighted by molar-refractivity contribution is 9.10. The maximum absolute atomic E-state index is 10.2. The number of aromatic nitrogens is 2. The van der Waals surface area contributed by atoms with Gasteiger partial charge in [-0.3, -0.25) is 25.2 Å². The Morgan fingerprint density at radius 2 is 1.45 bits per heavy atom. The first-order valence-corrected chi connectivity index (χ1v) is 7.40. The van der Waals surface area contributed by atoms with Crippen LogP contribution in [0.5, 0.6) is 0 Å². The average molecular weight is 454 g/mol. The summed E-state index contributed by atoms with van der Waals surface area (Å²) in [6.07, 6.45) is 2.34. The Kier molecular flexibility index (Phi) is 6.78. The average Bonchev–Trinajstić information content (AvgIpc) is 2.45. The predicted molar refractivity (Wildman–Crippen MR) is 86.9 cm³/mol. The van der Waals surface area contributed by atoms with Crippen LogP contribution in [0, 0.1) is 27.2 Å². The molecular weight excluding hydrogens is 447 g/mol. The summed E-state index contributed by atoms with van der Waals surface area (Å²) in [5.74, 6) is 0. The van der Waals surface area contributed by atoms with Gasteiger partial charge in [-0.25, -0.2) is 4.98 Å². The fraction of sp³-hybridized carbons (Fsp3) is 0.0909. The molecule has 0 aliphatic heterocycles. The maximum atomic E-state index is 10.2. The standard InChI is InChI=1S/C6H5BrN2O2.C5H2BrClN2O2/c1-4-6(7)2-5(3-8-4)9(10)11;6-4-1-3(9(10)11)2-8-5(4)7/h2-3H,1H3;1-2H. The minimum atomic E-state index is -0.534. The van der Waals surface area contributed by atoms with Gasteiger partial charge in [0.15, 0.2) is 0 Å². The molecule has 0 fully saturated rings. The lowest BCUT2D eigenvalue weighted by Crippen LogP contribution is -1.90. The number of aryl methyl sites for hydroxylation is 1. The van der Waals surface area contributed by atoms with Crippen molar-refractivity contribution in [2.45, 2.75) is 6.92 Å². The van der Waals surface area contributed by atoms with Crippen LogP contribution in [0.2, 0.25) is 5.15 Å². The van der Waals surface area contributed by atoms with Gasteiger partial charge in [-0.2, -0.15) is 0 Å². The highest BCUT2D eigenvalue weighted by Crippen LogP contribution is 2.23. The normalized spacial score (nSPS) is 9.64. The summed E-state index contributed by atoms with van der Waals surface area (Å²) < 4.78 is 1.08. The zero-order chi connectivity index (χ0) is 16.9. The summed E-state index contributed by atoms with van der Waals surface area (Å²) in [6, 6.07) is 2.73. The van der Waals surface area contributed by atoms with Crippen molar-refractivity contribution in [2.75, 3.05) is 0 Å². The third kappa shape index (κ3) is 5.28. The molecule has 0 N–H and O–H groups in total. The summed E-state index contributed by atoms with van der Waals surface area (Å²) in [7, 11) is 0. The molecular formula is C11H7Br2ClN4O4. The lowest BCUT2D eigenvalue weighted by Gasteiger charge is -1.94. The Bertz CT molecular complexity index is 668. The SMILES string of the molecule is Cc1ncc([N+](=O)[O-])cc1Br.O=[N+]([O-])c1cnc(Cl)c(Br)c1. The number of nitro groups is 2. The fourth-order valence-electron chi connectivity index (χ4n) is 1.11. The van der Waals surface area contributed by atoms with Gasteiger partial charge in [-0.15, -0.1) is 0 Å². The molecule has 2 rings (SSSR count). The summed E-state index contributed by atoms with van der Waals surface area (Å²) in [5.41, 5.74) is 0.666. The molecule has 0 radical (unpaired) electrons. The van der Waals surface area contributed by atoms with Crippen molar-refractivity contribution in [2.24, 2.45) is 0 Å². The van der Waals surface area contributed by atoms with Crippen LogP contribution in [-0.2, 0) is 0 Å². The van der Waals surface area contributed by atoms with E-state index in [0.29, 0.717) is 8.95 Å². The summed E-state index contributed by atoms with van der Waals surface area (Å²) in [4.78, 5) is 26.8. The van der Waals surface area contributed by atoms with Crippen molar-refractivity contribution in [3.05, 3.63) is 64.5 Å². The van der Waals surface area contributed by atoms with Crippen LogP contribution in [0.25, 0.3) is 0 Å². The Morgan fingerprint density at radius 1 is 1.00 bits per heavy atom. The molecule has 0 aromatic carbocycles. The predicted octanol–water partition coefficient (Wildman–Crippen LogP) is 4.47. The van der Waals surface area contributed by atoms with Crippen LogP contribution in [0.1, 0.15) is 5.69 Å². The van der Waals surface area contributed by atoms with E-state index in [4.69, 9.17) is 11.6 Å². The van der Waals surface area contributed by atoms with Gasteiger partial charge >= 0.3 is 0 Å². The number of hydrogen-bond acceptors (Lipinski definition) is 6. The molecule has 8 nitrogen and oxygen atoms in total. The van der Waals surface area contributed by atoms with Crippen LogP contribution in [0.15, 0.2) is 33.5 Å². The fourth-order valence-corrected chi connectivity index (χ4v) is 1.88. The minimum absolute atomic E-state index is 0.00229. The third-order valence-electron chi connectivity index (χ3n) is 2.21. The van der Waals surface area contributed by atoms with Crippen molar-refractivity contribution in [3.63, 3.8) is 0 Å². The number of hydrogen-bond donors (Lipinski definition) is 0. The Labute approximate surface area is 146 Å². The van der Waals surface area contributed by atoms with Crippen LogP contribution in [-0.4, -0.2) is 19.8 Å². The molecule has 0 unspecified atom stereocenters. The van der Waals surface area contributed by atoms with Gasteiger partial charge in [-0.05, 0) is 38.8 Å². The first-order valence-electron chi connectivity index (χ1n) is 5.44. The van der Waals surface area contributed by atoms with E-state index in [1.807, 2.05) is 0 Å². The summed E-state index contributed by atoms with van der Waals surface area (Å²) in [5, 5.41) is 20.6. The molecule has 0 saturated heterocycles. The van der Waals surface area contributed by atoms with Gasteiger partial charge in [0.1, 0.15) is 17.5 Å². The van der Waals surface area contributed by atoms with Crippen molar-refractivity contribution in [1.82, 2.24) is 9.97 Å². The van der Waals surface area contributed by atoms with Crippen LogP contribution in [0.3, 0.4) is 0 Å². The monoisotopic (exact) mass is 452 g/mol. The van der Waals surface area contributed by atoms with E-state index in [0.717, 1.165) is 11.9 Å². The second-order valence-corrected chi connectivity index (χ2v) is 5.81. The molecule has 0 aliphatic carbocycles. The van der Waals surface area contributed by atoms with E-state index in [9.17, 15) is 20.2 Å². The smallest absolute Gasteiger partial charge is 0.258 e. The van der Waals surface area contributed by atoms with Gasteiger partial charge < -0.3 is 0 Å². The Morgan fingerprint density at radius 3 is 1.86 bits per heavy atom. The second-order valence-electron chi connectivity index (χ2n) is 3.74.